The van der Waals surface area contributed by atoms with E-state index in [1.165, 1.54) is 35.2 Å². The van der Waals surface area contributed by atoms with Gasteiger partial charge in [-0.3, -0.25) is 14.5 Å². The maximum atomic E-state index is 13.2. The lowest BCUT2D eigenvalue weighted by Crippen LogP contribution is -2.29. The van der Waals surface area contributed by atoms with E-state index < -0.39 is 17.7 Å². The van der Waals surface area contributed by atoms with E-state index in [9.17, 15) is 19.8 Å². The Hall–Kier alpha value is -3.48. The number of benzene rings is 3. The van der Waals surface area contributed by atoms with Crippen LogP contribution in [0.3, 0.4) is 0 Å². The van der Waals surface area contributed by atoms with Crippen molar-refractivity contribution in [1.29, 1.82) is 0 Å². The van der Waals surface area contributed by atoms with Crippen molar-refractivity contribution in [2.45, 2.75) is 19.9 Å². The van der Waals surface area contributed by atoms with Crippen molar-refractivity contribution in [2.75, 3.05) is 11.5 Å². The summed E-state index contributed by atoms with van der Waals surface area (Å²) in [4.78, 5) is 27.7. The van der Waals surface area contributed by atoms with E-state index in [0.717, 1.165) is 0 Å². The molecule has 3 aromatic carbocycles. The van der Waals surface area contributed by atoms with E-state index in [4.69, 9.17) is 27.9 Å². The summed E-state index contributed by atoms with van der Waals surface area (Å²) in [6, 6.07) is 16.3. The number of nitrogens with zero attached hydrogens (tertiary/aromatic N) is 1. The number of halogens is 2. The zero-order chi connectivity index (χ0) is 25.3. The second-order valence-electron chi connectivity index (χ2n) is 8.62. The zero-order valence-corrected chi connectivity index (χ0v) is 20.5. The van der Waals surface area contributed by atoms with Crippen LogP contribution in [0.25, 0.3) is 5.76 Å². The maximum absolute atomic E-state index is 13.2. The molecule has 0 spiro atoms. The van der Waals surface area contributed by atoms with Crippen LogP contribution in [0.2, 0.25) is 10.0 Å². The number of Topliss-reactive ketones (excluding diaryl/α,β-unsaturated/α-hetero) is 1. The summed E-state index contributed by atoms with van der Waals surface area (Å²) < 4.78 is 5.69. The van der Waals surface area contributed by atoms with Crippen molar-refractivity contribution >= 4 is 46.3 Å². The quantitative estimate of drug-likeness (QED) is 0.228. The van der Waals surface area contributed by atoms with Gasteiger partial charge in [-0.1, -0.05) is 49.2 Å². The molecule has 35 heavy (non-hydrogen) atoms. The van der Waals surface area contributed by atoms with Gasteiger partial charge >= 0.3 is 0 Å². The lowest BCUT2D eigenvalue weighted by atomic mass is 9.95. The molecule has 1 aliphatic rings. The molecular formula is C27H23Cl2NO5. The van der Waals surface area contributed by atoms with Crippen molar-refractivity contribution in [2.24, 2.45) is 5.92 Å². The first-order chi connectivity index (χ1) is 16.7. The van der Waals surface area contributed by atoms with Gasteiger partial charge in [0.05, 0.1) is 18.2 Å². The molecule has 2 N–H and O–H groups in total. The number of carbonyl (C=O) groups is 2. The highest BCUT2D eigenvalue weighted by atomic mass is 35.5. The van der Waals surface area contributed by atoms with Gasteiger partial charge in [-0.2, -0.15) is 0 Å². The standard InChI is InChI=1S/C27H23Cl2NO5/c1-15(2)14-35-22-8-6-16(7-9-22)25(32)23-24(17-4-3-5-21(31)10-17)30(27(34)26(23)33)20-12-18(28)11-19(29)13-20/h3-13,15,24,31-32H,14H2,1-2H3/b25-23+. The number of aliphatic hydroxyl groups is 1. The Labute approximate surface area is 213 Å². The third-order valence-electron chi connectivity index (χ3n) is 5.47. The van der Waals surface area contributed by atoms with Crippen LogP contribution in [-0.2, 0) is 9.59 Å². The van der Waals surface area contributed by atoms with Crippen molar-refractivity contribution in [3.8, 4) is 11.5 Å². The fraction of sp³-hybridized carbons (Fsp3) is 0.185. The summed E-state index contributed by atoms with van der Waals surface area (Å²) in [6.07, 6.45) is 0. The van der Waals surface area contributed by atoms with E-state index in [1.54, 1.807) is 36.4 Å². The van der Waals surface area contributed by atoms with Crippen LogP contribution >= 0.6 is 23.2 Å². The first-order valence-electron chi connectivity index (χ1n) is 10.9. The van der Waals surface area contributed by atoms with E-state index in [0.29, 0.717) is 29.4 Å². The zero-order valence-electron chi connectivity index (χ0n) is 19.0. The topological polar surface area (TPSA) is 87.1 Å². The number of carbonyl (C=O) groups excluding carboxylic acids is 2. The van der Waals surface area contributed by atoms with Gasteiger partial charge in [0.15, 0.2) is 0 Å². The first-order valence-corrected chi connectivity index (χ1v) is 11.7. The van der Waals surface area contributed by atoms with Crippen LogP contribution < -0.4 is 9.64 Å². The van der Waals surface area contributed by atoms with Gasteiger partial charge in [0, 0.05) is 21.3 Å². The fourth-order valence-electron chi connectivity index (χ4n) is 3.91. The largest absolute Gasteiger partial charge is 0.508 e. The van der Waals surface area contributed by atoms with Gasteiger partial charge in [-0.15, -0.1) is 0 Å². The average molecular weight is 512 g/mol. The second kappa shape index (κ2) is 10.0. The molecule has 0 radical (unpaired) electrons. The lowest BCUT2D eigenvalue weighted by Gasteiger charge is -2.26. The number of phenolic OH excluding ortho intramolecular Hbond substituents is 1. The highest BCUT2D eigenvalue weighted by Gasteiger charge is 2.47. The summed E-state index contributed by atoms with van der Waals surface area (Å²) in [5, 5.41) is 21.9. The monoisotopic (exact) mass is 511 g/mol. The number of anilines is 1. The fourth-order valence-corrected chi connectivity index (χ4v) is 4.43. The molecule has 0 saturated carbocycles. The first kappa shape index (κ1) is 24.6. The number of ketones is 1. The number of rotatable bonds is 6. The Balaban J connectivity index is 1.85. The molecule has 1 saturated heterocycles. The molecule has 180 valence electrons. The Bertz CT molecular complexity index is 1300. The molecule has 1 unspecified atom stereocenters. The average Bonchev–Trinajstić information content (AvgIpc) is 3.07. The van der Waals surface area contributed by atoms with E-state index in [-0.39, 0.29) is 32.8 Å². The lowest BCUT2D eigenvalue weighted by molar-refractivity contribution is -0.132. The van der Waals surface area contributed by atoms with Crippen molar-refractivity contribution in [3.63, 3.8) is 0 Å². The van der Waals surface area contributed by atoms with Crippen LogP contribution in [0.15, 0.2) is 72.3 Å². The molecule has 8 heteroatoms. The van der Waals surface area contributed by atoms with E-state index >= 15 is 0 Å². The van der Waals surface area contributed by atoms with Gasteiger partial charge < -0.3 is 14.9 Å². The third-order valence-corrected chi connectivity index (χ3v) is 5.90. The van der Waals surface area contributed by atoms with Crippen LogP contribution in [0.4, 0.5) is 5.69 Å². The number of amides is 1. The number of hydrogen-bond donors (Lipinski definition) is 2. The summed E-state index contributed by atoms with van der Waals surface area (Å²) in [6.45, 7) is 4.61. The van der Waals surface area contributed by atoms with E-state index in [1.807, 2.05) is 13.8 Å². The highest BCUT2D eigenvalue weighted by molar-refractivity contribution is 6.52. The minimum Gasteiger partial charge on any atom is -0.508 e. The summed E-state index contributed by atoms with van der Waals surface area (Å²) in [5.74, 6) is -1.15. The van der Waals surface area contributed by atoms with Crippen LogP contribution in [-0.4, -0.2) is 28.5 Å². The van der Waals surface area contributed by atoms with Crippen LogP contribution in [0, 0.1) is 5.92 Å². The number of ether oxygens (including phenoxy) is 1. The van der Waals surface area contributed by atoms with Crippen LogP contribution in [0.5, 0.6) is 11.5 Å². The number of aromatic hydroxyl groups is 1. The van der Waals surface area contributed by atoms with E-state index in [2.05, 4.69) is 0 Å². The van der Waals surface area contributed by atoms with Crippen LogP contribution in [0.1, 0.15) is 31.0 Å². The molecule has 1 fully saturated rings. The second-order valence-corrected chi connectivity index (χ2v) is 9.49. The summed E-state index contributed by atoms with van der Waals surface area (Å²) >= 11 is 12.3. The molecule has 6 nitrogen and oxygen atoms in total. The maximum Gasteiger partial charge on any atom is 0.300 e. The van der Waals surface area contributed by atoms with Gasteiger partial charge in [-0.25, -0.2) is 0 Å². The summed E-state index contributed by atoms with van der Waals surface area (Å²) in [5.41, 5.74) is 0.940. The molecular weight excluding hydrogens is 489 g/mol. The molecule has 1 atom stereocenters. The molecule has 1 aliphatic heterocycles. The minimum atomic E-state index is -1.02. The van der Waals surface area contributed by atoms with Gasteiger partial charge in [-0.05, 0) is 66.1 Å². The molecule has 0 bridgehead atoms. The molecule has 4 rings (SSSR count). The Kier molecular flexibility index (Phi) is 7.05. The van der Waals surface area contributed by atoms with Gasteiger partial charge in [0.25, 0.3) is 11.7 Å². The summed E-state index contributed by atoms with van der Waals surface area (Å²) in [7, 11) is 0. The van der Waals surface area contributed by atoms with Gasteiger partial charge in [0.1, 0.15) is 17.3 Å². The predicted octanol–water partition coefficient (Wildman–Crippen LogP) is 6.36. The molecule has 1 heterocycles. The number of phenols is 1. The Morgan fingerprint density at radius 2 is 1.66 bits per heavy atom. The predicted molar refractivity (Wildman–Crippen MR) is 136 cm³/mol. The normalized spacial score (nSPS) is 17.3. The van der Waals surface area contributed by atoms with Crippen molar-refractivity contribution in [1.82, 2.24) is 0 Å². The van der Waals surface area contributed by atoms with Crippen molar-refractivity contribution < 1.29 is 24.5 Å². The molecule has 3 aromatic rings. The SMILES string of the molecule is CC(C)COc1ccc(/C(O)=C2\C(=O)C(=O)N(c3cc(Cl)cc(Cl)c3)C2c2cccc(O)c2)cc1. The molecule has 0 aromatic heterocycles. The van der Waals surface area contributed by atoms with Gasteiger partial charge in [0.2, 0.25) is 0 Å². The van der Waals surface area contributed by atoms with Crippen molar-refractivity contribution in [3.05, 3.63) is 93.5 Å². The molecule has 0 aliphatic carbocycles. The Morgan fingerprint density at radius 1 is 1.00 bits per heavy atom. The Morgan fingerprint density at radius 3 is 2.26 bits per heavy atom. The smallest absolute Gasteiger partial charge is 0.300 e. The third kappa shape index (κ3) is 5.14. The minimum absolute atomic E-state index is 0.0520. The molecule has 1 amide bonds. The highest BCUT2D eigenvalue weighted by Crippen LogP contribution is 2.44. The number of hydrogen-bond acceptors (Lipinski definition) is 5. The number of aliphatic hydroxyl groups excluding tert-OH is 1.